The summed E-state index contributed by atoms with van der Waals surface area (Å²) >= 11 is 0. The van der Waals surface area contributed by atoms with E-state index >= 15 is 0 Å². The maximum atomic E-state index is 12.5. The van der Waals surface area contributed by atoms with Gasteiger partial charge in [0.2, 0.25) is 0 Å². The zero-order chi connectivity index (χ0) is 20.0. The van der Waals surface area contributed by atoms with E-state index in [2.05, 4.69) is 15.4 Å². The largest absolute Gasteiger partial charge is 0.493 e. The standard InChI is InChI=1S/C17H20F2N2O6/c1-9-13(15(22)26-7-6-24-2)14(21-17(23)20-9)10-4-5-11(27-16(18)19)12(8-10)25-3/h4-5,8,14,16H,6-7H2,1-3H3,(H2,20,21,23). The Morgan fingerprint density at radius 1 is 1.22 bits per heavy atom. The molecule has 8 nitrogen and oxygen atoms in total. The van der Waals surface area contributed by atoms with E-state index in [1.54, 1.807) is 6.92 Å². The van der Waals surface area contributed by atoms with Crippen LogP contribution >= 0.6 is 0 Å². The van der Waals surface area contributed by atoms with Crippen LogP contribution in [-0.2, 0) is 14.3 Å². The van der Waals surface area contributed by atoms with Crippen LogP contribution in [-0.4, -0.2) is 46.0 Å². The van der Waals surface area contributed by atoms with E-state index in [-0.39, 0.29) is 30.3 Å². The number of ether oxygens (including phenoxy) is 4. The van der Waals surface area contributed by atoms with Crippen molar-refractivity contribution in [3.05, 3.63) is 35.0 Å². The monoisotopic (exact) mass is 386 g/mol. The minimum atomic E-state index is -3.02. The van der Waals surface area contributed by atoms with Gasteiger partial charge in [-0.1, -0.05) is 6.07 Å². The molecule has 2 rings (SSSR count). The van der Waals surface area contributed by atoms with Crippen molar-refractivity contribution in [2.45, 2.75) is 19.6 Å². The molecule has 2 amide bonds. The zero-order valence-corrected chi connectivity index (χ0v) is 15.0. The van der Waals surface area contributed by atoms with Crippen molar-refractivity contribution in [3.8, 4) is 11.5 Å². The van der Waals surface area contributed by atoms with Crippen LogP contribution in [0.5, 0.6) is 11.5 Å². The highest BCUT2D eigenvalue weighted by atomic mass is 19.3. The second kappa shape index (κ2) is 9.17. The molecule has 2 N–H and O–H groups in total. The normalized spacial score (nSPS) is 16.7. The number of esters is 1. The average Bonchev–Trinajstić information content (AvgIpc) is 2.61. The lowest BCUT2D eigenvalue weighted by Gasteiger charge is -2.28. The molecular weight excluding hydrogens is 366 g/mol. The summed E-state index contributed by atoms with van der Waals surface area (Å²) in [5, 5.41) is 5.12. The zero-order valence-electron chi connectivity index (χ0n) is 15.0. The topological polar surface area (TPSA) is 95.1 Å². The SMILES string of the molecule is COCCOC(=O)C1=C(C)NC(=O)NC1c1ccc(OC(F)F)c(OC)c1. The minimum Gasteiger partial charge on any atom is -0.493 e. The third-order valence-corrected chi connectivity index (χ3v) is 3.75. The Bertz CT molecular complexity index is 738. The van der Waals surface area contributed by atoms with Crippen LogP contribution in [0.15, 0.2) is 29.5 Å². The molecule has 1 aromatic carbocycles. The predicted molar refractivity (Wildman–Crippen MR) is 89.6 cm³/mol. The van der Waals surface area contributed by atoms with Crippen LogP contribution < -0.4 is 20.1 Å². The van der Waals surface area contributed by atoms with Gasteiger partial charge in [-0.25, -0.2) is 9.59 Å². The van der Waals surface area contributed by atoms with E-state index in [0.717, 1.165) is 0 Å². The summed E-state index contributed by atoms with van der Waals surface area (Å²) in [7, 11) is 2.76. The number of nitrogens with one attached hydrogen (secondary N) is 2. The molecule has 10 heteroatoms. The van der Waals surface area contributed by atoms with Gasteiger partial charge in [0.25, 0.3) is 0 Å². The summed E-state index contributed by atoms with van der Waals surface area (Å²) in [6, 6.07) is 2.76. The van der Waals surface area contributed by atoms with Crippen molar-refractivity contribution < 1.29 is 37.3 Å². The smallest absolute Gasteiger partial charge is 0.387 e. The second-order valence-electron chi connectivity index (χ2n) is 5.49. The third kappa shape index (κ3) is 5.07. The Kier molecular flexibility index (Phi) is 6.94. The Hall–Kier alpha value is -2.88. The first kappa shape index (κ1) is 20.4. The number of rotatable bonds is 8. The lowest BCUT2D eigenvalue weighted by Crippen LogP contribution is -2.45. The van der Waals surface area contributed by atoms with Gasteiger partial charge < -0.3 is 29.6 Å². The van der Waals surface area contributed by atoms with Gasteiger partial charge >= 0.3 is 18.6 Å². The van der Waals surface area contributed by atoms with E-state index in [1.807, 2.05) is 0 Å². The van der Waals surface area contributed by atoms with Crippen LogP contribution in [0.3, 0.4) is 0 Å². The maximum absolute atomic E-state index is 12.5. The first-order chi connectivity index (χ1) is 12.9. The summed E-state index contributed by atoms with van der Waals surface area (Å²) in [6.45, 7) is -1.20. The number of allylic oxidation sites excluding steroid dienone is 1. The molecule has 27 heavy (non-hydrogen) atoms. The van der Waals surface area contributed by atoms with Crippen molar-refractivity contribution >= 4 is 12.0 Å². The van der Waals surface area contributed by atoms with E-state index in [4.69, 9.17) is 14.2 Å². The Labute approximate surface area is 154 Å². The fraction of sp³-hybridized carbons (Fsp3) is 0.412. The minimum absolute atomic E-state index is 0.0327. The van der Waals surface area contributed by atoms with Crippen LogP contribution in [0.1, 0.15) is 18.5 Å². The highest BCUT2D eigenvalue weighted by Gasteiger charge is 2.32. The molecule has 1 aromatic rings. The number of hydrogen-bond donors (Lipinski definition) is 2. The lowest BCUT2D eigenvalue weighted by atomic mass is 9.95. The van der Waals surface area contributed by atoms with Crippen LogP contribution in [0.4, 0.5) is 13.6 Å². The molecule has 1 unspecified atom stereocenters. The predicted octanol–water partition coefficient (Wildman–Crippen LogP) is 2.11. The number of amides is 2. The van der Waals surface area contributed by atoms with Crippen LogP contribution in [0, 0.1) is 0 Å². The number of hydrogen-bond acceptors (Lipinski definition) is 6. The fourth-order valence-corrected chi connectivity index (χ4v) is 2.57. The van der Waals surface area contributed by atoms with Crippen molar-refractivity contribution in [3.63, 3.8) is 0 Å². The molecule has 1 aliphatic rings. The quantitative estimate of drug-likeness (QED) is 0.525. The fourth-order valence-electron chi connectivity index (χ4n) is 2.57. The molecule has 0 saturated heterocycles. The number of benzene rings is 1. The Balaban J connectivity index is 2.36. The van der Waals surface area contributed by atoms with E-state index in [9.17, 15) is 18.4 Å². The van der Waals surface area contributed by atoms with Crippen molar-refractivity contribution in [2.75, 3.05) is 27.4 Å². The first-order valence-electron chi connectivity index (χ1n) is 7.94. The van der Waals surface area contributed by atoms with Crippen molar-refractivity contribution in [1.82, 2.24) is 10.6 Å². The first-order valence-corrected chi connectivity index (χ1v) is 7.94. The molecule has 1 aliphatic heterocycles. The number of carbonyl (C=O) groups excluding carboxylic acids is 2. The molecule has 0 bridgehead atoms. The Morgan fingerprint density at radius 2 is 1.96 bits per heavy atom. The molecule has 1 atom stereocenters. The third-order valence-electron chi connectivity index (χ3n) is 3.75. The van der Waals surface area contributed by atoms with Gasteiger partial charge in [0, 0.05) is 12.8 Å². The number of carbonyl (C=O) groups is 2. The molecule has 0 spiro atoms. The van der Waals surface area contributed by atoms with Gasteiger partial charge in [-0.3, -0.25) is 0 Å². The average molecular weight is 386 g/mol. The van der Waals surface area contributed by atoms with E-state index in [1.165, 1.54) is 32.4 Å². The summed E-state index contributed by atoms with van der Waals surface area (Å²) in [4.78, 5) is 24.3. The van der Waals surface area contributed by atoms with E-state index < -0.39 is 24.7 Å². The second-order valence-corrected chi connectivity index (χ2v) is 5.49. The maximum Gasteiger partial charge on any atom is 0.387 e. The van der Waals surface area contributed by atoms with Gasteiger partial charge in [-0.15, -0.1) is 0 Å². The molecule has 1 heterocycles. The summed E-state index contributed by atoms with van der Waals surface area (Å²) in [5.41, 5.74) is 0.926. The summed E-state index contributed by atoms with van der Waals surface area (Å²) in [6.07, 6.45) is 0. The van der Waals surface area contributed by atoms with Gasteiger partial charge in [0.05, 0.1) is 25.3 Å². The van der Waals surface area contributed by atoms with Gasteiger partial charge in [-0.05, 0) is 24.6 Å². The molecule has 148 valence electrons. The van der Waals surface area contributed by atoms with Crippen LogP contribution in [0.25, 0.3) is 0 Å². The highest BCUT2D eigenvalue weighted by molar-refractivity contribution is 5.95. The van der Waals surface area contributed by atoms with Gasteiger partial charge in [0.1, 0.15) is 6.61 Å². The van der Waals surface area contributed by atoms with Gasteiger partial charge in [-0.2, -0.15) is 8.78 Å². The Morgan fingerprint density at radius 3 is 2.59 bits per heavy atom. The highest BCUT2D eigenvalue weighted by Crippen LogP contribution is 2.35. The number of methoxy groups -OCH3 is 2. The molecular formula is C17H20F2N2O6. The number of alkyl halides is 2. The van der Waals surface area contributed by atoms with E-state index in [0.29, 0.717) is 11.3 Å². The number of halogens is 2. The van der Waals surface area contributed by atoms with Crippen molar-refractivity contribution in [2.24, 2.45) is 0 Å². The molecule has 0 radical (unpaired) electrons. The number of urea groups is 1. The van der Waals surface area contributed by atoms with Crippen LogP contribution in [0.2, 0.25) is 0 Å². The molecule has 0 saturated carbocycles. The summed E-state index contributed by atoms with van der Waals surface area (Å²) in [5.74, 6) is -0.777. The lowest BCUT2D eigenvalue weighted by molar-refractivity contribution is -0.140. The molecule has 0 aliphatic carbocycles. The molecule has 0 aromatic heterocycles. The molecule has 0 fully saturated rings. The van der Waals surface area contributed by atoms with Gasteiger partial charge in [0.15, 0.2) is 11.5 Å². The summed E-state index contributed by atoms with van der Waals surface area (Å²) < 4.78 is 44.4. The van der Waals surface area contributed by atoms with Crippen molar-refractivity contribution in [1.29, 1.82) is 0 Å².